The molecule has 0 spiro atoms. The summed E-state index contributed by atoms with van der Waals surface area (Å²) >= 11 is 5.89. The summed E-state index contributed by atoms with van der Waals surface area (Å²) < 4.78 is 10.6. The first-order chi connectivity index (χ1) is 8.99. The smallest absolute Gasteiger partial charge is 0.347 e. The standard InChI is InChI=1S/C14H19ClO4/c1-4-12(14(17)18-5-2)19-13-7-6-10(15)8-11(13)9(3)16/h6-9,12,16H,4-5H2,1-3H3/t9-,12?/m1/s1. The van der Waals surface area contributed by atoms with Crippen LogP contribution in [0.1, 0.15) is 38.9 Å². The Morgan fingerprint density at radius 1 is 1.42 bits per heavy atom. The zero-order chi connectivity index (χ0) is 14.4. The number of aliphatic hydroxyl groups excluding tert-OH is 1. The SMILES string of the molecule is CCOC(=O)C(CC)Oc1ccc(Cl)cc1[C@@H](C)O. The number of benzene rings is 1. The average Bonchev–Trinajstić information content (AvgIpc) is 2.37. The number of hydrogen-bond acceptors (Lipinski definition) is 4. The van der Waals surface area contributed by atoms with E-state index in [0.29, 0.717) is 29.4 Å². The summed E-state index contributed by atoms with van der Waals surface area (Å²) in [6, 6.07) is 4.92. The van der Waals surface area contributed by atoms with Crippen LogP contribution in [0.5, 0.6) is 5.75 Å². The predicted octanol–water partition coefficient (Wildman–Crippen LogP) is 3.11. The molecular formula is C14H19ClO4. The van der Waals surface area contributed by atoms with E-state index in [4.69, 9.17) is 21.1 Å². The Labute approximate surface area is 118 Å². The minimum Gasteiger partial charge on any atom is -0.478 e. The molecule has 2 atom stereocenters. The van der Waals surface area contributed by atoms with E-state index in [-0.39, 0.29) is 0 Å². The largest absolute Gasteiger partial charge is 0.478 e. The lowest BCUT2D eigenvalue weighted by Crippen LogP contribution is -2.29. The van der Waals surface area contributed by atoms with Gasteiger partial charge in [0.05, 0.1) is 12.7 Å². The van der Waals surface area contributed by atoms with Gasteiger partial charge in [-0.3, -0.25) is 0 Å². The number of carbonyl (C=O) groups is 1. The molecule has 0 fully saturated rings. The lowest BCUT2D eigenvalue weighted by molar-refractivity contribution is -0.151. The molecule has 1 aromatic rings. The van der Waals surface area contributed by atoms with Crippen molar-refractivity contribution in [2.24, 2.45) is 0 Å². The summed E-state index contributed by atoms with van der Waals surface area (Å²) in [7, 11) is 0. The van der Waals surface area contributed by atoms with E-state index in [2.05, 4.69) is 0 Å². The first-order valence-corrected chi connectivity index (χ1v) is 6.68. The van der Waals surface area contributed by atoms with Gasteiger partial charge < -0.3 is 14.6 Å². The Kier molecular flexibility index (Phi) is 6.12. The predicted molar refractivity (Wildman–Crippen MR) is 73.4 cm³/mol. The fourth-order valence-corrected chi connectivity index (χ4v) is 1.82. The summed E-state index contributed by atoms with van der Waals surface area (Å²) in [5, 5.41) is 10.2. The highest BCUT2D eigenvalue weighted by Crippen LogP contribution is 2.29. The summed E-state index contributed by atoms with van der Waals surface area (Å²) in [6.45, 7) is 5.50. The number of aliphatic hydroxyl groups is 1. The number of ether oxygens (including phenoxy) is 2. The normalized spacial score (nSPS) is 13.7. The number of rotatable bonds is 6. The van der Waals surface area contributed by atoms with Crippen molar-refractivity contribution < 1.29 is 19.4 Å². The lowest BCUT2D eigenvalue weighted by atomic mass is 10.1. The molecule has 106 valence electrons. The quantitative estimate of drug-likeness (QED) is 0.817. The fraction of sp³-hybridized carbons (Fsp3) is 0.500. The summed E-state index contributed by atoms with van der Waals surface area (Å²) in [5.41, 5.74) is 0.551. The molecule has 0 aliphatic carbocycles. The first-order valence-electron chi connectivity index (χ1n) is 6.30. The third-order valence-corrected chi connectivity index (χ3v) is 2.85. The number of halogens is 1. The molecular weight excluding hydrogens is 268 g/mol. The van der Waals surface area contributed by atoms with Crippen LogP contribution in [0.25, 0.3) is 0 Å². The van der Waals surface area contributed by atoms with E-state index in [1.165, 1.54) is 0 Å². The van der Waals surface area contributed by atoms with Gasteiger partial charge in [-0.05, 0) is 38.5 Å². The van der Waals surface area contributed by atoms with Crippen LogP contribution in [0.15, 0.2) is 18.2 Å². The lowest BCUT2D eigenvalue weighted by Gasteiger charge is -2.19. The number of hydrogen-bond donors (Lipinski definition) is 1. The highest BCUT2D eigenvalue weighted by atomic mass is 35.5. The van der Waals surface area contributed by atoms with Crippen LogP contribution < -0.4 is 4.74 Å². The maximum atomic E-state index is 11.7. The molecule has 5 heteroatoms. The molecule has 4 nitrogen and oxygen atoms in total. The summed E-state index contributed by atoms with van der Waals surface area (Å²) in [6.07, 6.45) is -0.923. The van der Waals surface area contributed by atoms with Gasteiger partial charge in [-0.15, -0.1) is 0 Å². The van der Waals surface area contributed by atoms with E-state index in [9.17, 15) is 9.90 Å². The molecule has 1 N–H and O–H groups in total. The third kappa shape index (κ3) is 4.40. The van der Waals surface area contributed by atoms with E-state index in [1.807, 2.05) is 6.92 Å². The van der Waals surface area contributed by atoms with Gasteiger partial charge in [0.2, 0.25) is 0 Å². The molecule has 0 heterocycles. The molecule has 1 unspecified atom stereocenters. The minimum atomic E-state index is -0.728. The van der Waals surface area contributed by atoms with Crippen molar-refractivity contribution in [1.29, 1.82) is 0 Å². The van der Waals surface area contributed by atoms with Crippen molar-refractivity contribution in [3.63, 3.8) is 0 Å². The van der Waals surface area contributed by atoms with Crippen molar-refractivity contribution >= 4 is 17.6 Å². The molecule has 1 aromatic carbocycles. The van der Waals surface area contributed by atoms with Gasteiger partial charge in [-0.2, -0.15) is 0 Å². The van der Waals surface area contributed by atoms with Crippen LogP contribution in [0.4, 0.5) is 0 Å². The molecule has 0 amide bonds. The van der Waals surface area contributed by atoms with Crippen LogP contribution in [0.2, 0.25) is 5.02 Å². The second kappa shape index (κ2) is 7.36. The Balaban J connectivity index is 2.93. The first kappa shape index (κ1) is 15.8. The Morgan fingerprint density at radius 3 is 2.63 bits per heavy atom. The van der Waals surface area contributed by atoms with Crippen molar-refractivity contribution in [2.45, 2.75) is 39.4 Å². The van der Waals surface area contributed by atoms with Crippen molar-refractivity contribution in [3.05, 3.63) is 28.8 Å². The van der Waals surface area contributed by atoms with E-state index < -0.39 is 18.2 Å². The molecule has 0 saturated carbocycles. The van der Waals surface area contributed by atoms with E-state index >= 15 is 0 Å². The highest BCUT2D eigenvalue weighted by Gasteiger charge is 2.21. The molecule has 0 aliphatic rings. The van der Waals surface area contributed by atoms with Crippen LogP contribution in [-0.2, 0) is 9.53 Å². The zero-order valence-corrected chi connectivity index (χ0v) is 12.1. The summed E-state index contributed by atoms with van der Waals surface area (Å²) in [4.78, 5) is 11.7. The molecule has 0 aliphatic heterocycles. The van der Waals surface area contributed by atoms with Gasteiger partial charge in [-0.1, -0.05) is 18.5 Å². The number of esters is 1. The second-order valence-electron chi connectivity index (χ2n) is 4.12. The van der Waals surface area contributed by atoms with Crippen LogP contribution >= 0.6 is 11.6 Å². The van der Waals surface area contributed by atoms with Crippen molar-refractivity contribution in [2.75, 3.05) is 6.61 Å². The molecule has 0 bridgehead atoms. The molecule has 1 rings (SSSR count). The van der Waals surface area contributed by atoms with Crippen LogP contribution in [-0.4, -0.2) is 23.8 Å². The van der Waals surface area contributed by atoms with Crippen molar-refractivity contribution in [1.82, 2.24) is 0 Å². The maximum Gasteiger partial charge on any atom is 0.347 e. The van der Waals surface area contributed by atoms with Gasteiger partial charge >= 0.3 is 5.97 Å². The van der Waals surface area contributed by atoms with Gasteiger partial charge in [0.15, 0.2) is 6.10 Å². The van der Waals surface area contributed by atoms with E-state index in [1.54, 1.807) is 32.0 Å². The molecule has 19 heavy (non-hydrogen) atoms. The fourth-order valence-electron chi connectivity index (χ4n) is 1.64. The summed E-state index contributed by atoms with van der Waals surface area (Å²) in [5.74, 6) is 0.0378. The maximum absolute atomic E-state index is 11.7. The van der Waals surface area contributed by atoms with Crippen LogP contribution in [0.3, 0.4) is 0 Å². The number of carbonyl (C=O) groups excluding carboxylic acids is 1. The molecule has 0 radical (unpaired) electrons. The zero-order valence-electron chi connectivity index (χ0n) is 11.4. The monoisotopic (exact) mass is 286 g/mol. The minimum absolute atomic E-state index is 0.308. The Bertz CT molecular complexity index is 431. The molecule has 0 aromatic heterocycles. The van der Waals surface area contributed by atoms with Gasteiger partial charge in [0.1, 0.15) is 5.75 Å². The third-order valence-electron chi connectivity index (χ3n) is 2.61. The van der Waals surface area contributed by atoms with Crippen molar-refractivity contribution in [3.8, 4) is 5.75 Å². The molecule has 0 saturated heterocycles. The van der Waals surface area contributed by atoms with E-state index in [0.717, 1.165) is 0 Å². The highest BCUT2D eigenvalue weighted by molar-refractivity contribution is 6.30. The van der Waals surface area contributed by atoms with Gasteiger partial charge in [0, 0.05) is 10.6 Å². The average molecular weight is 287 g/mol. The Morgan fingerprint density at radius 2 is 2.11 bits per heavy atom. The van der Waals surface area contributed by atoms with Crippen LogP contribution in [0, 0.1) is 0 Å². The Hall–Kier alpha value is -1.26. The second-order valence-corrected chi connectivity index (χ2v) is 4.56. The van der Waals surface area contributed by atoms with Gasteiger partial charge in [0.25, 0.3) is 0 Å². The van der Waals surface area contributed by atoms with Gasteiger partial charge in [-0.25, -0.2) is 4.79 Å². The topological polar surface area (TPSA) is 55.8 Å².